The second kappa shape index (κ2) is 5.67. The van der Waals surface area contributed by atoms with Gasteiger partial charge in [-0.2, -0.15) is 10.1 Å². The predicted molar refractivity (Wildman–Crippen MR) is 74.9 cm³/mol. The first-order chi connectivity index (χ1) is 10.1. The number of hydrogen-bond acceptors (Lipinski definition) is 5. The Hall–Kier alpha value is -2.18. The molecule has 21 heavy (non-hydrogen) atoms. The van der Waals surface area contributed by atoms with Gasteiger partial charge in [0.2, 0.25) is 5.89 Å². The average molecular weight is 289 g/mol. The van der Waals surface area contributed by atoms with Gasteiger partial charge in [0.15, 0.2) is 5.82 Å². The van der Waals surface area contributed by atoms with E-state index in [2.05, 4.69) is 20.3 Å². The summed E-state index contributed by atoms with van der Waals surface area (Å²) in [6, 6.07) is 1.69. The highest BCUT2D eigenvalue weighted by Crippen LogP contribution is 2.26. The predicted octanol–water partition coefficient (Wildman–Crippen LogP) is 1.94. The summed E-state index contributed by atoms with van der Waals surface area (Å²) in [6.07, 6.45) is 3.50. The van der Waals surface area contributed by atoms with Gasteiger partial charge in [-0.15, -0.1) is 0 Å². The summed E-state index contributed by atoms with van der Waals surface area (Å²) in [6.45, 7) is 5.41. The Morgan fingerprint density at radius 1 is 1.52 bits per heavy atom. The van der Waals surface area contributed by atoms with Crippen LogP contribution in [0.2, 0.25) is 0 Å². The normalized spacial score (nSPS) is 19.2. The lowest BCUT2D eigenvalue weighted by atomic mass is 9.97. The molecule has 1 atom stereocenters. The van der Waals surface area contributed by atoms with Crippen LogP contribution in [0, 0.1) is 0 Å². The van der Waals surface area contributed by atoms with Crippen molar-refractivity contribution in [2.24, 2.45) is 0 Å². The number of nitrogens with zero attached hydrogens (tertiary/aromatic N) is 4. The zero-order valence-electron chi connectivity index (χ0n) is 12.2. The maximum atomic E-state index is 12.3. The van der Waals surface area contributed by atoms with Crippen LogP contribution in [0.1, 0.15) is 60.7 Å². The second-order valence-electron chi connectivity index (χ2n) is 5.71. The molecular formula is C14H19N5O2. The molecule has 0 bridgehead atoms. The molecule has 2 aromatic rings. The molecule has 1 aliphatic rings. The highest BCUT2D eigenvalue weighted by molar-refractivity contribution is 5.92. The monoisotopic (exact) mass is 289 g/mol. The molecule has 3 heterocycles. The molecule has 2 aromatic heterocycles. The molecule has 0 aromatic carbocycles. The van der Waals surface area contributed by atoms with Gasteiger partial charge >= 0.3 is 0 Å². The van der Waals surface area contributed by atoms with Gasteiger partial charge in [-0.25, -0.2) is 0 Å². The van der Waals surface area contributed by atoms with Gasteiger partial charge < -0.3 is 9.42 Å². The summed E-state index contributed by atoms with van der Waals surface area (Å²) in [5.41, 5.74) is 0.520. The number of likely N-dealkylation sites (tertiary alicyclic amines) is 1. The van der Waals surface area contributed by atoms with E-state index in [4.69, 9.17) is 4.52 Å². The lowest BCUT2D eigenvalue weighted by molar-refractivity contribution is 0.0697. The molecule has 0 radical (unpaired) electrons. The highest BCUT2D eigenvalue weighted by atomic mass is 16.5. The molecule has 1 amide bonds. The first-order valence-electron chi connectivity index (χ1n) is 7.27. The molecule has 3 rings (SSSR count). The minimum Gasteiger partial charge on any atom is -0.339 e. The number of H-pyrrole nitrogens is 1. The van der Waals surface area contributed by atoms with E-state index in [-0.39, 0.29) is 17.7 Å². The molecule has 7 heteroatoms. The number of rotatable bonds is 3. The summed E-state index contributed by atoms with van der Waals surface area (Å²) >= 11 is 0. The molecule has 0 spiro atoms. The van der Waals surface area contributed by atoms with Crippen LogP contribution in [0.25, 0.3) is 0 Å². The van der Waals surface area contributed by atoms with Crippen LogP contribution in [0.3, 0.4) is 0 Å². The zero-order chi connectivity index (χ0) is 14.8. The van der Waals surface area contributed by atoms with Crippen LogP contribution in [0.4, 0.5) is 0 Å². The summed E-state index contributed by atoms with van der Waals surface area (Å²) in [5.74, 6) is 1.70. The van der Waals surface area contributed by atoms with Crippen molar-refractivity contribution < 1.29 is 9.32 Å². The molecule has 112 valence electrons. The lowest BCUT2D eigenvalue weighted by Crippen LogP contribution is -2.39. The third kappa shape index (κ3) is 2.81. The number of hydrogen-bond donors (Lipinski definition) is 1. The third-order valence-corrected chi connectivity index (χ3v) is 3.76. The fourth-order valence-electron chi connectivity index (χ4n) is 2.57. The number of carbonyl (C=O) groups is 1. The van der Waals surface area contributed by atoms with Crippen molar-refractivity contribution in [2.45, 2.75) is 38.5 Å². The van der Waals surface area contributed by atoms with E-state index in [1.165, 1.54) is 0 Å². The Morgan fingerprint density at radius 3 is 3.05 bits per heavy atom. The Morgan fingerprint density at radius 2 is 2.38 bits per heavy atom. The Labute approximate surface area is 122 Å². The Balaban J connectivity index is 1.72. The van der Waals surface area contributed by atoms with Gasteiger partial charge in [0.1, 0.15) is 5.69 Å². The number of nitrogens with one attached hydrogen (secondary N) is 1. The average Bonchev–Trinajstić information content (AvgIpc) is 3.18. The minimum atomic E-state index is -0.0234. The van der Waals surface area contributed by atoms with E-state index in [0.717, 1.165) is 19.4 Å². The molecule has 1 N–H and O–H groups in total. The topological polar surface area (TPSA) is 87.9 Å². The first-order valence-corrected chi connectivity index (χ1v) is 7.27. The minimum absolute atomic E-state index is 0.0234. The summed E-state index contributed by atoms with van der Waals surface area (Å²) in [4.78, 5) is 18.6. The molecule has 0 unspecified atom stereocenters. The molecule has 1 fully saturated rings. The first kappa shape index (κ1) is 13.8. The standard InChI is InChI=1S/C14H19N5O2/c1-9(2)13-16-12(18-21-13)10-4-3-7-19(8-10)14(20)11-5-6-15-17-11/h5-6,9-10H,3-4,7-8H2,1-2H3,(H,15,17)/t10-/m0/s1. The van der Waals surface area contributed by atoms with Gasteiger partial charge in [0, 0.05) is 31.1 Å². The van der Waals surface area contributed by atoms with Gasteiger partial charge in [0.25, 0.3) is 5.91 Å². The lowest BCUT2D eigenvalue weighted by Gasteiger charge is -2.30. The fraction of sp³-hybridized carbons (Fsp3) is 0.571. The number of aromatic nitrogens is 4. The Bertz CT molecular complexity index is 605. The van der Waals surface area contributed by atoms with Crippen LogP contribution in [-0.2, 0) is 0 Å². The molecule has 7 nitrogen and oxygen atoms in total. The number of carbonyl (C=O) groups excluding carboxylic acids is 1. The summed E-state index contributed by atoms with van der Waals surface area (Å²) < 4.78 is 5.27. The third-order valence-electron chi connectivity index (χ3n) is 3.76. The smallest absolute Gasteiger partial charge is 0.271 e. The van der Waals surface area contributed by atoms with Crippen molar-refractivity contribution in [3.8, 4) is 0 Å². The van der Waals surface area contributed by atoms with Crippen LogP contribution in [0.15, 0.2) is 16.8 Å². The van der Waals surface area contributed by atoms with Gasteiger partial charge in [-0.1, -0.05) is 19.0 Å². The van der Waals surface area contributed by atoms with Gasteiger partial charge in [-0.3, -0.25) is 9.89 Å². The number of piperidine rings is 1. The molecule has 0 saturated carbocycles. The van der Waals surface area contributed by atoms with E-state index < -0.39 is 0 Å². The molecular weight excluding hydrogens is 270 g/mol. The summed E-state index contributed by atoms with van der Waals surface area (Å²) in [7, 11) is 0. The van der Waals surface area contributed by atoms with Crippen molar-refractivity contribution >= 4 is 5.91 Å². The number of aromatic amines is 1. The highest BCUT2D eigenvalue weighted by Gasteiger charge is 2.29. The van der Waals surface area contributed by atoms with E-state index in [9.17, 15) is 4.79 Å². The van der Waals surface area contributed by atoms with E-state index in [0.29, 0.717) is 24.0 Å². The van der Waals surface area contributed by atoms with Gasteiger partial charge in [-0.05, 0) is 18.9 Å². The van der Waals surface area contributed by atoms with Crippen LogP contribution >= 0.6 is 0 Å². The second-order valence-corrected chi connectivity index (χ2v) is 5.71. The van der Waals surface area contributed by atoms with Gasteiger partial charge in [0.05, 0.1) is 0 Å². The zero-order valence-corrected chi connectivity index (χ0v) is 12.2. The largest absolute Gasteiger partial charge is 0.339 e. The maximum absolute atomic E-state index is 12.3. The van der Waals surface area contributed by atoms with Crippen LogP contribution < -0.4 is 0 Å². The maximum Gasteiger partial charge on any atom is 0.271 e. The quantitative estimate of drug-likeness (QED) is 0.932. The SMILES string of the molecule is CC(C)c1nc([C@H]2CCCN(C(=O)c3ccn[nH]3)C2)no1. The number of amides is 1. The van der Waals surface area contributed by atoms with Crippen LogP contribution in [-0.4, -0.2) is 44.2 Å². The molecule has 1 saturated heterocycles. The van der Waals surface area contributed by atoms with Crippen molar-refractivity contribution in [1.82, 2.24) is 25.2 Å². The van der Waals surface area contributed by atoms with Crippen LogP contribution in [0.5, 0.6) is 0 Å². The summed E-state index contributed by atoms with van der Waals surface area (Å²) in [5, 5.41) is 10.6. The van der Waals surface area contributed by atoms with Crippen molar-refractivity contribution in [1.29, 1.82) is 0 Å². The molecule has 0 aliphatic carbocycles. The van der Waals surface area contributed by atoms with E-state index >= 15 is 0 Å². The van der Waals surface area contributed by atoms with Crippen molar-refractivity contribution in [3.05, 3.63) is 29.7 Å². The molecule has 1 aliphatic heterocycles. The van der Waals surface area contributed by atoms with Crippen molar-refractivity contribution in [3.63, 3.8) is 0 Å². The van der Waals surface area contributed by atoms with E-state index in [1.54, 1.807) is 12.3 Å². The Kier molecular flexibility index (Phi) is 3.72. The fourth-order valence-corrected chi connectivity index (χ4v) is 2.57. The van der Waals surface area contributed by atoms with Crippen molar-refractivity contribution in [2.75, 3.05) is 13.1 Å². The van der Waals surface area contributed by atoms with E-state index in [1.807, 2.05) is 18.7 Å².